The molecule has 5 heteroatoms. The molecule has 1 amide bonds. The van der Waals surface area contributed by atoms with Crippen LogP contribution in [-0.4, -0.2) is 55.3 Å². The first-order chi connectivity index (χ1) is 11.1. The van der Waals surface area contributed by atoms with Crippen LogP contribution in [0.5, 0.6) is 0 Å². The van der Waals surface area contributed by atoms with E-state index in [4.69, 9.17) is 4.74 Å². The third-order valence-electron chi connectivity index (χ3n) is 4.34. The second-order valence-electron chi connectivity index (χ2n) is 6.48. The number of nitrogens with zero attached hydrogens (tertiary/aromatic N) is 1. The number of piperidine rings is 1. The van der Waals surface area contributed by atoms with Gasteiger partial charge in [0.15, 0.2) is 0 Å². The highest BCUT2D eigenvalue weighted by Gasteiger charge is 2.18. The maximum absolute atomic E-state index is 12.2. The van der Waals surface area contributed by atoms with E-state index in [1.165, 1.54) is 12.8 Å². The molecule has 5 nitrogen and oxygen atoms in total. The molecule has 0 spiro atoms. The van der Waals surface area contributed by atoms with Crippen LogP contribution in [-0.2, 0) is 11.3 Å². The van der Waals surface area contributed by atoms with E-state index in [2.05, 4.69) is 17.1 Å². The summed E-state index contributed by atoms with van der Waals surface area (Å²) in [6.07, 6.45) is 1.84. The quantitative estimate of drug-likeness (QED) is 0.802. The molecule has 0 saturated carbocycles. The Morgan fingerprint density at radius 3 is 2.87 bits per heavy atom. The maximum Gasteiger partial charge on any atom is 0.251 e. The second-order valence-corrected chi connectivity index (χ2v) is 6.48. The summed E-state index contributed by atoms with van der Waals surface area (Å²) < 4.78 is 5.08. The molecule has 1 fully saturated rings. The lowest BCUT2D eigenvalue weighted by molar-refractivity contribution is 0.0795. The van der Waals surface area contributed by atoms with Crippen LogP contribution in [0.15, 0.2) is 24.3 Å². The lowest BCUT2D eigenvalue weighted by Gasteiger charge is -2.31. The standard InChI is InChI=1S/C18H28N2O3/c1-14-6-8-20(9-7-14)12-17(21)11-19-18(22)16-5-3-4-15(10-16)13-23-2/h3-5,10,14,17,21H,6-9,11-13H2,1-2H3,(H,19,22). The highest BCUT2D eigenvalue weighted by molar-refractivity contribution is 5.94. The molecule has 1 atom stereocenters. The first-order valence-corrected chi connectivity index (χ1v) is 8.35. The summed E-state index contributed by atoms with van der Waals surface area (Å²) in [6.45, 7) is 5.72. The fraction of sp³-hybridized carbons (Fsp3) is 0.611. The number of β-amino-alcohol motifs (C(OH)–C–C–N with tert-alkyl or cyclic N) is 1. The summed E-state index contributed by atoms with van der Waals surface area (Å²) in [5.74, 6) is 0.622. The number of carbonyl (C=O) groups is 1. The van der Waals surface area contributed by atoms with Gasteiger partial charge in [-0.25, -0.2) is 0 Å². The normalized spacial score (nSPS) is 17.9. The van der Waals surface area contributed by atoms with E-state index in [0.717, 1.165) is 24.6 Å². The van der Waals surface area contributed by atoms with Crippen molar-refractivity contribution >= 4 is 5.91 Å². The zero-order valence-corrected chi connectivity index (χ0v) is 14.1. The van der Waals surface area contributed by atoms with Gasteiger partial charge in [-0.3, -0.25) is 4.79 Å². The average Bonchev–Trinajstić information content (AvgIpc) is 2.55. The number of carbonyl (C=O) groups excluding carboxylic acids is 1. The molecule has 23 heavy (non-hydrogen) atoms. The van der Waals surface area contributed by atoms with Crippen LogP contribution in [0.25, 0.3) is 0 Å². The highest BCUT2D eigenvalue weighted by atomic mass is 16.5. The lowest BCUT2D eigenvalue weighted by atomic mass is 9.99. The number of nitrogens with one attached hydrogen (secondary N) is 1. The van der Waals surface area contributed by atoms with Crippen molar-refractivity contribution in [2.75, 3.05) is 33.3 Å². The predicted molar refractivity (Wildman–Crippen MR) is 90.3 cm³/mol. The molecule has 2 N–H and O–H groups in total. The molecule has 1 heterocycles. The topological polar surface area (TPSA) is 61.8 Å². The first kappa shape index (κ1) is 17.9. The zero-order chi connectivity index (χ0) is 16.7. The van der Waals surface area contributed by atoms with E-state index < -0.39 is 6.10 Å². The number of hydrogen-bond donors (Lipinski definition) is 2. The van der Waals surface area contributed by atoms with Crippen LogP contribution in [0.4, 0.5) is 0 Å². The number of hydrogen-bond acceptors (Lipinski definition) is 4. The van der Waals surface area contributed by atoms with Crippen LogP contribution in [0.3, 0.4) is 0 Å². The van der Waals surface area contributed by atoms with Crippen LogP contribution >= 0.6 is 0 Å². The molecule has 0 aromatic heterocycles. The number of amides is 1. The molecule has 2 rings (SSSR count). The summed E-state index contributed by atoms with van der Waals surface area (Å²) >= 11 is 0. The van der Waals surface area contributed by atoms with Crippen molar-refractivity contribution in [2.45, 2.75) is 32.5 Å². The maximum atomic E-state index is 12.2. The third kappa shape index (κ3) is 5.94. The molecule has 1 unspecified atom stereocenters. The van der Waals surface area contributed by atoms with Gasteiger partial charge in [-0.05, 0) is 49.5 Å². The molecule has 1 aromatic rings. The summed E-state index contributed by atoms with van der Waals surface area (Å²) in [5, 5.41) is 12.9. The number of aliphatic hydroxyl groups is 1. The van der Waals surface area contributed by atoms with E-state index in [1.807, 2.05) is 18.2 Å². The van der Waals surface area contributed by atoms with Crippen molar-refractivity contribution in [2.24, 2.45) is 5.92 Å². The highest BCUT2D eigenvalue weighted by Crippen LogP contribution is 2.15. The van der Waals surface area contributed by atoms with Gasteiger partial charge in [0, 0.05) is 25.8 Å². The molecule has 0 radical (unpaired) electrons. The SMILES string of the molecule is COCc1cccc(C(=O)NCC(O)CN2CCC(C)CC2)c1. The van der Waals surface area contributed by atoms with Gasteiger partial charge in [0.1, 0.15) is 0 Å². The van der Waals surface area contributed by atoms with Crippen molar-refractivity contribution < 1.29 is 14.6 Å². The monoisotopic (exact) mass is 320 g/mol. The van der Waals surface area contributed by atoms with Gasteiger partial charge in [-0.15, -0.1) is 0 Å². The Balaban J connectivity index is 1.76. The number of benzene rings is 1. The smallest absolute Gasteiger partial charge is 0.251 e. The van der Waals surface area contributed by atoms with E-state index >= 15 is 0 Å². The summed E-state index contributed by atoms with van der Waals surface area (Å²) in [6, 6.07) is 7.35. The van der Waals surface area contributed by atoms with Crippen molar-refractivity contribution in [3.05, 3.63) is 35.4 Å². The summed E-state index contributed by atoms with van der Waals surface area (Å²) in [4.78, 5) is 14.4. The molecule has 128 valence electrons. The van der Waals surface area contributed by atoms with Crippen LogP contribution in [0, 0.1) is 5.92 Å². The fourth-order valence-corrected chi connectivity index (χ4v) is 2.89. The summed E-state index contributed by atoms with van der Waals surface area (Å²) in [7, 11) is 1.63. The van der Waals surface area contributed by atoms with E-state index in [0.29, 0.717) is 18.7 Å². The van der Waals surface area contributed by atoms with Crippen LogP contribution in [0.2, 0.25) is 0 Å². The van der Waals surface area contributed by atoms with Gasteiger partial charge in [-0.2, -0.15) is 0 Å². The molecule has 1 aromatic carbocycles. The number of aliphatic hydroxyl groups excluding tert-OH is 1. The minimum Gasteiger partial charge on any atom is -0.390 e. The first-order valence-electron chi connectivity index (χ1n) is 8.35. The number of ether oxygens (including phenoxy) is 1. The Morgan fingerprint density at radius 1 is 1.43 bits per heavy atom. The average molecular weight is 320 g/mol. The number of methoxy groups -OCH3 is 1. The Labute approximate surface area is 138 Å². The Hall–Kier alpha value is -1.43. The van der Waals surface area contributed by atoms with Crippen LogP contribution in [0.1, 0.15) is 35.7 Å². The molecule has 0 bridgehead atoms. The second kappa shape index (κ2) is 9.01. The molecular weight excluding hydrogens is 292 g/mol. The predicted octanol–water partition coefficient (Wildman–Crippen LogP) is 1.66. The van der Waals surface area contributed by atoms with Gasteiger partial charge in [0.05, 0.1) is 12.7 Å². The van der Waals surface area contributed by atoms with E-state index in [-0.39, 0.29) is 12.5 Å². The van der Waals surface area contributed by atoms with Gasteiger partial charge in [0.25, 0.3) is 5.91 Å². The number of likely N-dealkylation sites (tertiary alicyclic amines) is 1. The molecule has 1 aliphatic heterocycles. The Morgan fingerprint density at radius 2 is 2.17 bits per heavy atom. The largest absolute Gasteiger partial charge is 0.390 e. The minimum atomic E-state index is -0.533. The fourth-order valence-electron chi connectivity index (χ4n) is 2.89. The van der Waals surface area contributed by atoms with E-state index in [1.54, 1.807) is 13.2 Å². The zero-order valence-electron chi connectivity index (χ0n) is 14.1. The Kier molecular flexibility index (Phi) is 7.02. The minimum absolute atomic E-state index is 0.158. The molecule has 0 aliphatic carbocycles. The van der Waals surface area contributed by atoms with Crippen molar-refractivity contribution in [1.82, 2.24) is 10.2 Å². The van der Waals surface area contributed by atoms with Crippen molar-refractivity contribution in [3.8, 4) is 0 Å². The molecule has 1 aliphatic rings. The Bertz CT molecular complexity index is 499. The van der Waals surface area contributed by atoms with Gasteiger partial charge in [0.2, 0.25) is 0 Å². The van der Waals surface area contributed by atoms with Gasteiger partial charge < -0.3 is 20.1 Å². The van der Waals surface area contributed by atoms with Crippen LogP contribution < -0.4 is 5.32 Å². The van der Waals surface area contributed by atoms with Crippen molar-refractivity contribution in [1.29, 1.82) is 0 Å². The third-order valence-corrected chi connectivity index (χ3v) is 4.34. The summed E-state index contributed by atoms with van der Waals surface area (Å²) in [5.41, 5.74) is 1.56. The van der Waals surface area contributed by atoms with Crippen molar-refractivity contribution in [3.63, 3.8) is 0 Å². The lowest BCUT2D eigenvalue weighted by Crippen LogP contribution is -2.43. The van der Waals surface area contributed by atoms with E-state index in [9.17, 15) is 9.90 Å². The van der Waals surface area contributed by atoms with Gasteiger partial charge in [-0.1, -0.05) is 19.1 Å². The van der Waals surface area contributed by atoms with Gasteiger partial charge >= 0.3 is 0 Å². The number of rotatable bonds is 7. The molecule has 1 saturated heterocycles. The molecular formula is C18H28N2O3.